The van der Waals surface area contributed by atoms with Crippen LogP contribution in [0.2, 0.25) is 0 Å². The van der Waals surface area contributed by atoms with E-state index in [2.05, 4.69) is 21.4 Å². The van der Waals surface area contributed by atoms with Crippen molar-refractivity contribution in [1.29, 1.82) is 0 Å². The third-order valence-electron chi connectivity index (χ3n) is 5.66. The molecule has 1 aliphatic carbocycles. The molecular weight excluding hydrogens is 302 g/mol. The van der Waals surface area contributed by atoms with E-state index in [1.54, 1.807) is 7.11 Å². The number of hydrogen-bond donors (Lipinski definition) is 0. The Morgan fingerprint density at radius 3 is 2.83 bits per heavy atom. The van der Waals surface area contributed by atoms with Crippen molar-refractivity contribution in [1.82, 2.24) is 14.5 Å². The van der Waals surface area contributed by atoms with Gasteiger partial charge in [-0.15, -0.1) is 0 Å². The minimum absolute atomic E-state index is 0.301. The first-order chi connectivity index (χ1) is 11.7. The van der Waals surface area contributed by atoms with E-state index in [0.29, 0.717) is 24.3 Å². The van der Waals surface area contributed by atoms with E-state index in [0.717, 1.165) is 51.1 Å². The molecule has 5 nitrogen and oxygen atoms in total. The third-order valence-corrected chi connectivity index (χ3v) is 5.66. The van der Waals surface area contributed by atoms with Crippen molar-refractivity contribution in [2.75, 3.05) is 26.8 Å². The summed E-state index contributed by atoms with van der Waals surface area (Å²) in [6.45, 7) is 5.52. The summed E-state index contributed by atoms with van der Waals surface area (Å²) < 4.78 is 7.48. The van der Waals surface area contributed by atoms with Crippen LogP contribution in [0.3, 0.4) is 0 Å². The normalized spacial score (nSPS) is 22.2. The Labute approximate surface area is 145 Å². The number of aryl methyl sites for hydroxylation is 1. The van der Waals surface area contributed by atoms with Gasteiger partial charge in [0.2, 0.25) is 5.91 Å². The van der Waals surface area contributed by atoms with Crippen LogP contribution in [-0.2, 0) is 22.5 Å². The summed E-state index contributed by atoms with van der Waals surface area (Å²) in [4.78, 5) is 19.5. The van der Waals surface area contributed by atoms with Gasteiger partial charge in [-0.2, -0.15) is 0 Å². The SMILES string of the molecule is COCCn1c(C)cnc1CC1CCCN(C(=O)C2CCCC2)C1. The molecule has 2 fully saturated rings. The first kappa shape index (κ1) is 17.5. The van der Waals surface area contributed by atoms with Gasteiger partial charge in [-0.05, 0) is 38.5 Å². The van der Waals surface area contributed by atoms with E-state index in [-0.39, 0.29) is 0 Å². The predicted molar refractivity (Wildman–Crippen MR) is 93.8 cm³/mol. The molecule has 1 saturated carbocycles. The van der Waals surface area contributed by atoms with Gasteiger partial charge in [-0.3, -0.25) is 4.79 Å². The summed E-state index contributed by atoms with van der Waals surface area (Å²) in [5, 5.41) is 0. The topological polar surface area (TPSA) is 47.4 Å². The zero-order chi connectivity index (χ0) is 16.9. The van der Waals surface area contributed by atoms with Crippen LogP contribution in [0.15, 0.2) is 6.20 Å². The van der Waals surface area contributed by atoms with Crippen molar-refractivity contribution in [2.45, 2.75) is 58.4 Å². The summed E-state index contributed by atoms with van der Waals surface area (Å²) in [6, 6.07) is 0. The lowest BCUT2D eigenvalue weighted by Crippen LogP contribution is -2.43. The van der Waals surface area contributed by atoms with Crippen LogP contribution >= 0.6 is 0 Å². The minimum atomic E-state index is 0.301. The maximum absolute atomic E-state index is 12.7. The van der Waals surface area contributed by atoms with E-state index >= 15 is 0 Å². The summed E-state index contributed by atoms with van der Waals surface area (Å²) in [6.07, 6.45) is 9.89. The zero-order valence-corrected chi connectivity index (χ0v) is 15.2. The van der Waals surface area contributed by atoms with Gasteiger partial charge < -0.3 is 14.2 Å². The molecule has 134 valence electrons. The second kappa shape index (κ2) is 8.15. The fourth-order valence-electron chi connectivity index (χ4n) is 4.28. The Morgan fingerprint density at radius 2 is 2.08 bits per heavy atom. The molecule has 0 radical (unpaired) electrons. The maximum Gasteiger partial charge on any atom is 0.225 e. The fourth-order valence-corrected chi connectivity index (χ4v) is 4.28. The number of methoxy groups -OCH3 is 1. The Morgan fingerprint density at radius 1 is 1.29 bits per heavy atom. The van der Waals surface area contributed by atoms with Gasteiger partial charge in [-0.1, -0.05) is 12.8 Å². The number of carbonyl (C=O) groups excluding carboxylic acids is 1. The highest BCUT2D eigenvalue weighted by Crippen LogP contribution is 2.29. The number of imidazole rings is 1. The van der Waals surface area contributed by atoms with E-state index in [1.165, 1.54) is 25.0 Å². The van der Waals surface area contributed by atoms with E-state index in [1.807, 2.05) is 6.20 Å². The molecule has 2 aliphatic rings. The number of rotatable bonds is 6. The summed E-state index contributed by atoms with van der Waals surface area (Å²) in [5.41, 5.74) is 1.19. The predicted octanol–water partition coefficient (Wildman–Crippen LogP) is 2.81. The van der Waals surface area contributed by atoms with Crippen molar-refractivity contribution in [3.8, 4) is 0 Å². The van der Waals surface area contributed by atoms with Crippen molar-refractivity contribution < 1.29 is 9.53 Å². The Hall–Kier alpha value is -1.36. The fraction of sp³-hybridized carbons (Fsp3) is 0.789. The van der Waals surface area contributed by atoms with E-state index in [9.17, 15) is 4.79 Å². The van der Waals surface area contributed by atoms with Crippen molar-refractivity contribution in [2.24, 2.45) is 11.8 Å². The molecule has 1 aromatic rings. The summed E-state index contributed by atoms with van der Waals surface area (Å²) >= 11 is 0. The third kappa shape index (κ3) is 4.00. The Kier molecular flexibility index (Phi) is 5.93. The lowest BCUT2D eigenvalue weighted by atomic mass is 9.93. The molecule has 3 rings (SSSR count). The van der Waals surface area contributed by atoms with Gasteiger partial charge in [0.15, 0.2) is 0 Å². The molecule has 0 aromatic carbocycles. The molecule has 2 heterocycles. The van der Waals surface area contributed by atoms with Gasteiger partial charge in [-0.25, -0.2) is 4.98 Å². The highest BCUT2D eigenvalue weighted by molar-refractivity contribution is 5.79. The number of hydrogen-bond acceptors (Lipinski definition) is 3. The van der Waals surface area contributed by atoms with Gasteiger partial charge in [0.05, 0.1) is 6.61 Å². The molecular formula is C19H31N3O2. The lowest BCUT2D eigenvalue weighted by Gasteiger charge is -2.34. The summed E-state index contributed by atoms with van der Waals surface area (Å²) in [7, 11) is 1.74. The van der Waals surface area contributed by atoms with Crippen LogP contribution in [0, 0.1) is 18.8 Å². The van der Waals surface area contributed by atoms with Crippen molar-refractivity contribution >= 4 is 5.91 Å². The Bertz CT molecular complexity index is 549. The molecule has 5 heteroatoms. The second-order valence-electron chi connectivity index (χ2n) is 7.44. The van der Waals surface area contributed by atoms with Crippen molar-refractivity contribution in [3.63, 3.8) is 0 Å². The molecule has 1 amide bonds. The van der Waals surface area contributed by atoms with Gasteiger partial charge in [0.1, 0.15) is 5.82 Å². The molecule has 1 unspecified atom stereocenters. The quantitative estimate of drug-likeness (QED) is 0.804. The molecule has 0 N–H and O–H groups in total. The molecule has 1 atom stereocenters. The highest BCUT2D eigenvalue weighted by Gasteiger charge is 2.31. The zero-order valence-electron chi connectivity index (χ0n) is 15.2. The monoisotopic (exact) mass is 333 g/mol. The first-order valence-corrected chi connectivity index (χ1v) is 9.47. The van der Waals surface area contributed by atoms with Crippen LogP contribution in [-0.4, -0.2) is 47.2 Å². The van der Waals surface area contributed by atoms with Crippen molar-refractivity contribution in [3.05, 3.63) is 17.7 Å². The largest absolute Gasteiger partial charge is 0.383 e. The molecule has 0 spiro atoms. The van der Waals surface area contributed by atoms with Gasteiger partial charge >= 0.3 is 0 Å². The Balaban J connectivity index is 1.60. The standard InChI is InChI=1S/C19H31N3O2/c1-15-13-20-18(22(15)10-11-24-2)12-16-6-5-9-21(14-16)19(23)17-7-3-4-8-17/h13,16-17H,3-12,14H2,1-2H3. The number of nitrogens with zero attached hydrogens (tertiary/aromatic N) is 3. The summed E-state index contributed by atoms with van der Waals surface area (Å²) in [5.74, 6) is 2.39. The molecule has 24 heavy (non-hydrogen) atoms. The number of carbonyl (C=O) groups is 1. The number of amides is 1. The van der Waals surface area contributed by atoms with Gasteiger partial charge in [0.25, 0.3) is 0 Å². The van der Waals surface area contributed by atoms with Gasteiger partial charge in [0, 0.05) is 51.0 Å². The molecule has 0 bridgehead atoms. The molecule has 1 aromatic heterocycles. The molecule has 1 aliphatic heterocycles. The van der Waals surface area contributed by atoms with E-state index in [4.69, 9.17) is 4.74 Å². The maximum atomic E-state index is 12.7. The number of ether oxygens (including phenoxy) is 1. The van der Waals surface area contributed by atoms with E-state index < -0.39 is 0 Å². The lowest BCUT2D eigenvalue weighted by molar-refractivity contribution is -0.137. The highest BCUT2D eigenvalue weighted by atomic mass is 16.5. The molecule has 1 saturated heterocycles. The van der Waals surface area contributed by atoms with Crippen LogP contribution in [0.25, 0.3) is 0 Å². The van der Waals surface area contributed by atoms with Crippen LogP contribution in [0.5, 0.6) is 0 Å². The minimum Gasteiger partial charge on any atom is -0.383 e. The average molecular weight is 333 g/mol. The second-order valence-corrected chi connectivity index (χ2v) is 7.44. The average Bonchev–Trinajstić information content (AvgIpc) is 3.24. The number of aromatic nitrogens is 2. The van der Waals surface area contributed by atoms with Crippen LogP contribution in [0.4, 0.5) is 0 Å². The smallest absolute Gasteiger partial charge is 0.225 e. The first-order valence-electron chi connectivity index (χ1n) is 9.47. The van der Waals surface area contributed by atoms with Crippen LogP contribution in [0.1, 0.15) is 50.0 Å². The number of piperidine rings is 1. The van der Waals surface area contributed by atoms with Crippen LogP contribution < -0.4 is 0 Å². The number of likely N-dealkylation sites (tertiary alicyclic amines) is 1.